The summed E-state index contributed by atoms with van der Waals surface area (Å²) in [4.78, 5) is 15.8. The molecular formula is C13H10ClNO3S. The number of hydrogen-bond acceptors (Lipinski definition) is 4. The van der Waals surface area contributed by atoms with Gasteiger partial charge < -0.3 is 0 Å². The van der Waals surface area contributed by atoms with E-state index in [1.165, 1.54) is 30.5 Å². The summed E-state index contributed by atoms with van der Waals surface area (Å²) >= 11 is 5.60. The summed E-state index contributed by atoms with van der Waals surface area (Å²) in [5.41, 5.74) is 0.226. The maximum absolute atomic E-state index is 12.0. The number of aromatic nitrogens is 1. The highest BCUT2D eigenvalue weighted by Gasteiger charge is 2.20. The molecule has 1 aromatic heterocycles. The summed E-state index contributed by atoms with van der Waals surface area (Å²) in [6, 6.07) is 10.8. The van der Waals surface area contributed by atoms with Crippen LogP contribution in [-0.2, 0) is 9.84 Å². The molecule has 0 saturated heterocycles. The Morgan fingerprint density at radius 3 is 2.37 bits per heavy atom. The van der Waals surface area contributed by atoms with Crippen molar-refractivity contribution in [2.45, 2.75) is 4.90 Å². The van der Waals surface area contributed by atoms with E-state index in [2.05, 4.69) is 4.98 Å². The van der Waals surface area contributed by atoms with Crippen molar-refractivity contribution in [1.82, 2.24) is 4.98 Å². The fourth-order valence-electron chi connectivity index (χ4n) is 1.51. The third-order valence-electron chi connectivity index (χ3n) is 2.47. The van der Waals surface area contributed by atoms with Crippen molar-refractivity contribution in [1.29, 1.82) is 0 Å². The lowest BCUT2D eigenvalue weighted by Crippen LogP contribution is -2.16. The number of sulfone groups is 1. The number of carbonyl (C=O) groups excluding carboxylic acids is 1. The van der Waals surface area contributed by atoms with E-state index >= 15 is 0 Å². The van der Waals surface area contributed by atoms with Crippen molar-refractivity contribution in [3.05, 3.63) is 59.4 Å². The first kappa shape index (κ1) is 13.7. The van der Waals surface area contributed by atoms with Crippen LogP contribution in [0.4, 0.5) is 0 Å². The fraction of sp³-hybridized carbons (Fsp3) is 0.0769. The zero-order valence-corrected chi connectivity index (χ0v) is 11.4. The van der Waals surface area contributed by atoms with Crippen LogP contribution < -0.4 is 0 Å². The molecule has 0 aliphatic rings. The highest BCUT2D eigenvalue weighted by molar-refractivity contribution is 7.92. The lowest BCUT2D eigenvalue weighted by atomic mass is 10.2. The Morgan fingerprint density at radius 2 is 1.79 bits per heavy atom. The summed E-state index contributed by atoms with van der Waals surface area (Å²) in [5, 5.41) is 0.252. The highest BCUT2D eigenvalue weighted by Crippen LogP contribution is 2.13. The van der Waals surface area contributed by atoms with Gasteiger partial charge >= 0.3 is 0 Å². The van der Waals surface area contributed by atoms with Crippen LogP contribution in [0.15, 0.2) is 53.6 Å². The average Bonchev–Trinajstić information content (AvgIpc) is 2.40. The summed E-state index contributed by atoms with van der Waals surface area (Å²) in [6.07, 6.45) is 1.27. The molecule has 0 saturated carbocycles. The molecule has 1 aromatic carbocycles. The van der Waals surface area contributed by atoms with Crippen LogP contribution >= 0.6 is 11.6 Å². The van der Waals surface area contributed by atoms with E-state index in [0.29, 0.717) is 0 Å². The molecule has 0 unspecified atom stereocenters. The van der Waals surface area contributed by atoms with E-state index in [4.69, 9.17) is 11.6 Å². The Bertz CT molecular complexity index is 682. The van der Waals surface area contributed by atoms with Crippen LogP contribution in [0.1, 0.15) is 10.4 Å². The topological polar surface area (TPSA) is 64.1 Å². The number of pyridine rings is 1. The Kier molecular flexibility index (Phi) is 3.97. The Balaban J connectivity index is 2.22. The van der Waals surface area contributed by atoms with Crippen LogP contribution in [0.25, 0.3) is 0 Å². The molecule has 0 atom stereocenters. The molecule has 0 aliphatic heterocycles. The average molecular weight is 296 g/mol. The van der Waals surface area contributed by atoms with Gasteiger partial charge in [0.15, 0.2) is 15.6 Å². The minimum atomic E-state index is -3.63. The van der Waals surface area contributed by atoms with E-state index in [-0.39, 0.29) is 15.6 Å². The number of halogens is 1. The molecule has 0 bridgehead atoms. The predicted octanol–water partition coefficient (Wildman–Crippen LogP) is 2.39. The molecule has 0 radical (unpaired) electrons. The minimum absolute atomic E-state index is 0.130. The van der Waals surface area contributed by atoms with E-state index in [0.717, 1.165) is 0 Å². The van der Waals surface area contributed by atoms with Gasteiger partial charge in [-0.1, -0.05) is 29.8 Å². The minimum Gasteiger partial charge on any atom is -0.293 e. The zero-order chi connectivity index (χ0) is 13.9. The predicted molar refractivity (Wildman–Crippen MR) is 72.1 cm³/mol. The van der Waals surface area contributed by atoms with Gasteiger partial charge in [0.25, 0.3) is 0 Å². The van der Waals surface area contributed by atoms with Crippen LogP contribution in [0.5, 0.6) is 0 Å². The molecule has 0 spiro atoms. The molecule has 0 amide bonds. The van der Waals surface area contributed by atoms with Gasteiger partial charge in [0.05, 0.1) is 4.90 Å². The van der Waals surface area contributed by atoms with Crippen LogP contribution in [0.3, 0.4) is 0 Å². The van der Waals surface area contributed by atoms with E-state index < -0.39 is 21.4 Å². The molecule has 0 N–H and O–H groups in total. The standard InChI is InChI=1S/C13H10ClNO3S/c14-13-7-6-10(8-15-13)12(16)9-19(17,18)11-4-2-1-3-5-11/h1-8H,9H2. The molecular weight excluding hydrogens is 286 g/mol. The highest BCUT2D eigenvalue weighted by atomic mass is 35.5. The molecule has 4 nitrogen and oxygen atoms in total. The van der Waals surface area contributed by atoms with Crippen molar-refractivity contribution in [2.24, 2.45) is 0 Å². The summed E-state index contributed by atoms with van der Waals surface area (Å²) in [6.45, 7) is 0. The summed E-state index contributed by atoms with van der Waals surface area (Å²) < 4.78 is 24.0. The van der Waals surface area contributed by atoms with Crippen molar-refractivity contribution in [3.8, 4) is 0 Å². The van der Waals surface area contributed by atoms with E-state index in [1.54, 1.807) is 18.2 Å². The molecule has 0 fully saturated rings. The Hall–Kier alpha value is -1.72. The number of carbonyl (C=O) groups is 1. The second kappa shape index (κ2) is 5.50. The number of nitrogens with zero attached hydrogens (tertiary/aromatic N) is 1. The number of ketones is 1. The largest absolute Gasteiger partial charge is 0.293 e. The lowest BCUT2D eigenvalue weighted by molar-refractivity contribution is 0.102. The molecule has 0 aliphatic carbocycles. The van der Waals surface area contributed by atoms with Gasteiger partial charge in [-0.3, -0.25) is 4.79 Å². The molecule has 19 heavy (non-hydrogen) atoms. The quantitative estimate of drug-likeness (QED) is 0.642. The lowest BCUT2D eigenvalue weighted by Gasteiger charge is -2.03. The maximum atomic E-state index is 12.0. The molecule has 98 valence electrons. The fourth-order valence-corrected chi connectivity index (χ4v) is 2.87. The first-order valence-corrected chi connectivity index (χ1v) is 7.44. The van der Waals surface area contributed by atoms with Gasteiger partial charge in [-0.05, 0) is 24.3 Å². The normalized spacial score (nSPS) is 11.2. The third-order valence-corrected chi connectivity index (χ3v) is 4.33. The molecule has 2 aromatic rings. The summed E-state index contributed by atoms with van der Waals surface area (Å²) in [5.74, 6) is -1.09. The van der Waals surface area contributed by atoms with Crippen molar-refractivity contribution >= 4 is 27.2 Å². The number of hydrogen-bond donors (Lipinski definition) is 0. The smallest absolute Gasteiger partial charge is 0.185 e. The van der Waals surface area contributed by atoms with E-state index in [9.17, 15) is 13.2 Å². The Morgan fingerprint density at radius 1 is 1.11 bits per heavy atom. The molecule has 2 rings (SSSR count). The van der Waals surface area contributed by atoms with Gasteiger partial charge in [-0.15, -0.1) is 0 Å². The van der Waals surface area contributed by atoms with Crippen molar-refractivity contribution in [2.75, 3.05) is 5.75 Å². The maximum Gasteiger partial charge on any atom is 0.185 e. The van der Waals surface area contributed by atoms with Crippen LogP contribution in [0.2, 0.25) is 5.15 Å². The van der Waals surface area contributed by atoms with Gasteiger partial charge in [-0.2, -0.15) is 0 Å². The summed E-state index contributed by atoms with van der Waals surface area (Å²) in [7, 11) is -3.63. The van der Waals surface area contributed by atoms with Gasteiger partial charge in [0.1, 0.15) is 10.9 Å². The van der Waals surface area contributed by atoms with Gasteiger partial charge in [0.2, 0.25) is 0 Å². The second-order valence-corrected chi connectivity index (χ2v) is 6.24. The van der Waals surface area contributed by atoms with Crippen LogP contribution in [0, 0.1) is 0 Å². The van der Waals surface area contributed by atoms with Crippen molar-refractivity contribution in [3.63, 3.8) is 0 Å². The molecule has 1 heterocycles. The molecule has 6 heteroatoms. The third kappa shape index (κ3) is 3.39. The monoisotopic (exact) mass is 295 g/mol. The van der Waals surface area contributed by atoms with Gasteiger partial charge in [0, 0.05) is 11.8 Å². The first-order chi connectivity index (χ1) is 8.99. The SMILES string of the molecule is O=C(CS(=O)(=O)c1ccccc1)c1ccc(Cl)nc1. The first-order valence-electron chi connectivity index (χ1n) is 5.41. The zero-order valence-electron chi connectivity index (χ0n) is 9.78. The number of rotatable bonds is 4. The number of benzene rings is 1. The second-order valence-electron chi connectivity index (χ2n) is 3.86. The van der Waals surface area contributed by atoms with Gasteiger partial charge in [-0.25, -0.2) is 13.4 Å². The van der Waals surface area contributed by atoms with E-state index in [1.807, 2.05) is 0 Å². The number of Topliss-reactive ketones (excluding diaryl/α,β-unsaturated/α-hetero) is 1. The van der Waals surface area contributed by atoms with Crippen molar-refractivity contribution < 1.29 is 13.2 Å². The van der Waals surface area contributed by atoms with Crippen LogP contribution in [-0.4, -0.2) is 24.9 Å². The Labute approximate surface area is 116 Å².